The molecule has 3 aromatic heterocycles. The Hall–Kier alpha value is -4.20. The van der Waals surface area contributed by atoms with Crippen molar-refractivity contribution in [2.45, 2.75) is 13.5 Å². The predicted octanol–water partition coefficient (Wildman–Crippen LogP) is 2.98. The van der Waals surface area contributed by atoms with Crippen LogP contribution in [0, 0.1) is 6.92 Å². The molecule has 0 aliphatic rings. The molecule has 0 amide bonds. The smallest absolute Gasteiger partial charge is 0.197 e. The van der Waals surface area contributed by atoms with Crippen LogP contribution < -0.4 is 11.2 Å². The second-order valence-electron chi connectivity index (χ2n) is 7.13. The molecule has 0 bridgehead atoms. The highest BCUT2D eigenvalue weighted by Crippen LogP contribution is 2.31. The molecule has 2 aromatic carbocycles. The first kappa shape index (κ1) is 17.9. The van der Waals surface area contributed by atoms with Gasteiger partial charge in [0.1, 0.15) is 17.6 Å². The molecule has 8 nitrogen and oxygen atoms in total. The van der Waals surface area contributed by atoms with E-state index in [4.69, 9.17) is 5.73 Å². The number of nitrogen functional groups attached to an aromatic ring is 1. The summed E-state index contributed by atoms with van der Waals surface area (Å²) in [7, 11) is 0. The predicted molar refractivity (Wildman–Crippen MR) is 115 cm³/mol. The van der Waals surface area contributed by atoms with Crippen LogP contribution in [-0.2, 0) is 6.54 Å². The fraction of sp³-hybridized carbons (Fsp3) is 0.0909. The third-order valence-corrected chi connectivity index (χ3v) is 5.25. The first-order valence-corrected chi connectivity index (χ1v) is 9.38. The van der Waals surface area contributed by atoms with Crippen molar-refractivity contribution >= 4 is 27.9 Å². The molecule has 0 radical (unpaired) electrons. The molecule has 4 N–H and O–H groups in total. The van der Waals surface area contributed by atoms with Gasteiger partial charge in [0, 0.05) is 22.2 Å². The maximum Gasteiger partial charge on any atom is 0.197 e. The summed E-state index contributed by atoms with van der Waals surface area (Å²) in [4.78, 5) is 29.5. The number of phenols is 1. The minimum Gasteiger partial charge on any atom is -0.507 e. The zero-order valence-electron chi connectivity index (χ0n) is 16.1. The van der Waals surface area contributed by atoms with E-state index in [0.29, 0.717) is 39.2 Å². The second-order valence-corrected chi connectivity index (χ2v) is 7.13. The van der Waals surface area contributed by atoms with Crippen LogP contribution >= 0.6 is 0 Å². The first-order chi connectivity index (χ1) is 14.5. The number of benzene rings is 2. The Morgan fingerprint density at radius 1 is 1.10 bits per heavy atom. The highest BCUT2D eigenvalue weighted by Gasteiger charge is 2.19. The number of pyridine rings is 1. The Morgan fingerprint density at radius 2 is 1.93 bits per heavy atom. The number of para-hydroxylation sites is 1. The average Bonchev–Trinajstić information content (AvgIpc) is 3.13. The number of nitrogens with two attached hydrogens (primary N) is 1. The van der Waals surface area contributed by atoms with E-state index in [9.17, 15) is 9.90 Å². The molecule has 5 rings (SSSR count). The molecule has 0 fully saturated rings. The van der Waals surface area contributed by atoms with Crippen molar-refractivity contribution in [2.24, 2.45) is 0 Å². The Morgan fingerprint density at radius 3 is 2.77 bits per heavy atom. The van der Waals surface area contributed by atoms with Gasteiger partial charge in [0.2, 0.25) is 0 Å². The van der Waals surface area contributed by atoms with Gasteiger partial charge in [0.25, 0.3) is 0 Å². The van der Waals surface area contributed by atoms with Crippen molar-refractivity contribution in [1.82, 2.24) is 24.5 Å². The molecule has 148 valence electrons. The molecule has 3 heterocycles. The van der Waals surface area contributed by atoms with E-state index < -0.39 is 0 Å². The topological polar surface area (TPSA) is 123 Å². The molecule has 0 saturated carbocycles. The molecule has 0 saturated heterocycles. The molecule has 5 aromatic rings. The van der Waals surface area contributed by atoms with Crippen LogP contribution in [0.5, 0.6) is 5.75 Å². The van der Waals surface area contributed by atoms with E-state index in [1.54, 1.807) is 35.2 Å². The summed E-state index contributed by atoms with van der Waals surface area (Å²) in [6.45, 7) is 2.19. The summed E-state index contributed by atoms with van der Waals surface area (Å²) in [5.41, 5.74) is 9.94. The minimum absolute atomic E-state index is 0.0410. The summed E-state index contributed by atoms with van der Waals surface area (Å²) in [5.74, 6) is 0.335. The Balaban J connectivity index is 1.80. The van der Waals surface area contributed by atoms with Gasteiger partial charge < -0.3 is 20.4 Å². The number of imidazole rings is 1. The van der Waals surface area contributed by atoms with Crippen LogP contribution in [0.1, 0.15) is 11.3 Å². The van der Waals surface area contributed by atoms with E-state index in [-0.39, 0.29) is 17.7 Å². The molecule has 0 spiro atoms. The number of aromatic amines is 1. The van der Waals surface area contributed by atoms with Gasteiger partial charge in [-0.3, -0.25) is 4.79 Å². The summed E-state index contributed by atoms with van der Waals surface area (Å²) < 4.78 is 1.80. The van der Waals surface area contributed by atoms with Gasteiger partial charge in [-0.2, -0.15) is 0 Å². The van der Waals surface area contributed by atoms with Crippen molar-refractivity contribution in [3.63, 3.8) is 0 Å². The number of hydrogen-bond acceptors (Lipinski definition) is 6. The summed E-state index contributed by atoms with van der Waals surface area (Å²) >= 11 is 0. The van der Waals surface area contributed by atoms with Crippen LogP contribution in [0.4, 0.5) is 5.82 Å². The fourth-order valence-electron chi connectivity index (χ4n) is 3.83. The van der Waals surface area contributed by atoms with E-state index in [0.717, 1.165) is 11.1 Å². The normalized spacial score (nSPS) is 11.4. The number of nitrogens with zero attached hydrogens (tertiary/aromatic N) is 4. The van der Waals surface area contributed by atoms with Gasteiger partial charge >= 0.3 is 0 Å². The summed E-state index contributed by atoms with van der Waals surface area (Å²) in [6, 6.07) is 12.5. The van der Waals surface area contributed by atoms with Crippen molar-refractivity contribution in [1.29, 1.82) is 0 Å². The lowest BCUT2D eigenvalue weighted by atomic mass is 9.98. The standard InChI is InChI=1S/C22H18N6O2/c1-12-5-4-7-14-17(12)20(30)18(13-6-2-3-8-16(13)29)15(27-14)9-28-11-26-19-21(23)24-10-25-22(19)28/h2-8,10-11,29H,9H2,1H3,(H,27,30)(H2,23,24,25). The third-order valence-electron chi connectivity index (χ3n) is 5.25. The number of nitrogens with one attached hydrogen (secondary N) is 1. The zero-order chi connectivity index (χ0) is 20.8. The lowest BCUT2D eigenvalue weighted by molar-refractivity contribution is 0.477. The van der Waals surface area contributed by atoms with Gasteiger partial charge in [0.15, 0.2) is 16.9 Å². The molecular weight excluding hydrogens is 380 g/mol. The van der Waals surface area contributed by atoms with Gasteiger partial charge in [0.05, 0.1) is 18.4 Å². The molecule has 8 heteroatoms. The monoisotopic (exact) mass is 398 g/mol. The van der Waals surface area contributed by atoms with Crippen LogP contribution in [0.25, 0.3) is 33.2 Å². The Kier molecular flexibility index (Phi) is 3.99. The minimum atomic E-state index is -0.142. The number of hydrogen-bond donors (Lipinski definition) is 3. The number of rotatable bonds is 3. The number of phenolic OH excluding ortho intramolecular Hbond substituents is 1. The van der Waals surface area contributed by atoms with Gasteiger partial charge in [-0.1, -0.05) is 30.3 Å². The quantitative estimate of drug-likeness (QED) is 0.429. The zero-order valence-corrected chi connectivity index (χ0v) is 16.1. The number of fused-ring (bicyclic) bond motifs is 2. The molecule has 0 aliphatic carbocycles. The SMILES string of the molecule is Cc1cccc2[nH]c(Cn3cnc4c(N)ncnc43)c(-c3ccccc3O)c(=O)c12. The fourth-order valence-corrected chi connectivity index (χ4v) is 3.83. The van der Waals surface area contributed by atoms with Crippen molar-refractivity contribution < 1.29 is 5.11 Å². The van der Waals surface area contributed by atoms with E-state index in [2.05, 4.69) is 19.9 Å². The Bertz CT molecular complexity index is 1480. The number of anilines is 1. The van der Waals surface area contributed by atoms with Crippen molar-refractivity contribution in [2.75, 3.05) is 5.73 Å². The van der Waals surface area contributed by atoms with E-state index in [1.165, 1.54) is 6.33 Å². The molecule has 0 atom stereocenters. The number of aryl methyl sites for hydroxylation is 1. The first-order valence-electron chi connectivity index (χ1n) is 9.38. The molecular formula is C22H18N6O2. The number of aromatic hydroxyl groups is 1. The highest BCUT2D eigenvalue weighted by atomic mass is 16.3. The van der Waals surface area contributed by atoms with Crippen LogP contribution in [-0.4, -0.2) is 29.6 Å². The van der Waals surface area contributed by atoms with Crippen molar-refractivity contribution in [3.8, 4) is 16.9 Å². The Labute approximate surface area is 170 Å². The van der Waals surface area contributed by atoms with Crippen molar-refractivity contribution in [3.05, 3.63) is 76.6 Å². The molecule has 30 heavy (non-hydrogen) atoms. The van der Waals surface area contributed by atoms with E-state index >= 15 is 0 Å². The summed E-state index contributed by atoms with van der Waals surface area (Å²) in [5, 5.41) is 11.1. The van der Waals surface area contributed by atoms with Gasteiger partial charge in [-0.25, -0.2) is 15.0 Å². The largest absolute Gasteiger partial charge is 0.507 e. The maximum absolute atomic E-state index is 13.6. The lowest BCUT2D eigenvalue weighted by Gasteiger charge is -2.14. The van der Waals surface area contributed by atoms with E-state index in [1.807, 2.05) is 25.1 Å². The lowest BCUT2D eigenvalue weighted by Crippen LogP contribution is -2.15. The molecule has 0 aliphatic heterocycles. The average molecular weight is 398 g/mol. The van der Waals surface area contributed by atoms with Gasteiger partial charge in [-0.15, -0.1) is 0 Å². The van der Waals surface area contributed by atoms with Gasteiger partial charge in [-0.05, 0) is 24.6 Å². The maximum atomic E-state index is 13.6. The number of aromatic nitrogens is 5. The van der Waals surface area contributed by atoms with Crippen LogP contribution in [0.2, 0.25) is 0 Å². The van der Waals surface area contributed by atoms with Crippen LogP contribution in [0.15, 0.2) is 59.9 Å². The number of H-pyrrole nitrogens is 1. The summed E-state index contributed by atoms with van der Waals surface area (Å²) in [6.07, 6.45) is 3.00. The second kappa shape index (κ2) is 6.70. The highest BCUT2D eigenvalue weighted by molar-refractivity contribution is 5.88. The third kappa shape index (κ3) is 2.69. The van der Waals surface area contributed by atoms with Crippen LogP contribution in [0.3, 0.4) is 0 Å². The molecule has 0 unspecified atom stereocenters.